The molecule has 0 radical (unpaired) electrons. The number of ketones is 1. The maximum absolute atomic E-state index is 13.0. The van der Waals surface area contributed by atoms with Crippen molar-refractivity contribution in [1.82, 2.24) is 4.57 Å². The van der Waals surface area contributed by atoms with Crippen LogP contribution in [0.3, 0.4) is 0 Å². The van der Waals surface area contributed by atoms with E-state index in [1.54, 1.807) is 19.3 Å². The summed E-state index contributed by atoms with van der Waals surface area (Å²) in [7, 11) is 3.62. The molecule has 0 atom stereocenters. The number of nitrogens with zero attached hydrogens (tertiary/aromatic N) is 1. The van der Waals surface area contributed by atoms with Crippen LogP contribution in [0.5, 0.6) is 17.2 Å². The van der Waals surface area contributed by atoms with Gasteiger partial charge < -0.3 is 18.8 Å². The number of methoxy groups -OCH3 is 1. The second kappa shape index (κ2) is 7.93. The van der Waals surface area contributed by atoms with E-state index in [1.807, 2.05) is 79.3 Å². The van der Waals surface area contributed by atoms with Crippen LogP contribution in [0.2, 0.25) is 0 Å². The number of Topliss-reactive ketones (excluding diaryl/α,β-unsaturated/α-hetero) is 1. The Hall–Kier alpha value is -3.99. The van der Waals surface area contributed by atoms with Crippen LogP contribution in [0.1, 0.15) is 27.0 Å². The van der Waals surface area contributed by atoms with Crippen molar-refractivity contribution in [1.29, 1.82) is 0 Å². The summed E-state index contributed by atoms with van der Waals surface area (Å²) in [5.41, 5.74) is 4.40. The Morgan fingerprint density at radius 2 is 1.88 bits per heavy atom. The molecule has 0 saturated heterocycles. The molecule has 0 aliphatic carbocycles. The quantitative estimate of drug-likeness (QED) is 0.386. The number of carbonyl (C=O) groups is 1. The maximum Gasteiger partial charge on any atom is 0.231 e. The molecule has 3 aromatic carbocycles. The van der Waals surface area contributed by atoms with Crippen molar-refractivity contribution < 1.29 is 19.0 Å². The lowest BCUT2D eigenvalue weighted by Gasteiger charge is -2.11. The first-order chi connectivity index (χ1) is 15.5. The first kappa shape index (κ1) is 19.9. The van der Waals surface area contributed by atoms with Gasteiger partial charge in [0, 0.05) is 35.3 Å². The van der Waals surface area contributed by atoms with Gasteiger partial charge >= 0.3 is 0 Å². The monoisotopic (exact) mass is 425 g/mol. The molecule has 0 amide bonds. The molecule has 160 valence electrons. The van der Waals surface area contributed by atoms with Crippen LogP contribution in [0.4, 0.5) is 0 Å². The molecule has 5 heteroatoms. The SMILES string of the molecule is COc1ccc2c(c1)c(C=C1Oc3c(ccc(OCc4ccccc4)c3C)C1=O)cn2C. The van der Waals surface area contributed by atoms with E-state index < -0.39 is 0 Å². The molecule has 2 heterocycles. The van der Waals surface area contributed by atoms with Crippen molar-refractivity contribution in [3.8, 4) is 17.2 Å². The molecular formula is C27H23NO4. The van der Waals surface area contributed by atoms with Gasteiger partial charge in [0.25, 0.3) is 0 Å². The fourth-order valence-corrected chi connectivity index (χ4v) is 4.04. The number of hydrogen-bond acceptors (Lipinski definition) is 4. The molecule has 32 heavy (non-hydrogen) atoms. The number of aromatic nitrogens is 1. The van der Waals surface area contributed by atoms with Gasteiger partial charge in [-0.1, -0.05) is 30.3 Å². The molecule has 5 nitrogen and oxygen atoms in total. The summed E-state index contributed by atoms with van der Waals surface area (Å²) in [6, 6.07) is 19.5. The fourth-order valence-electron chi connectivity index (χ4n) is 4.04. The van der Waals surface area contributed by atoms with Crippen LogP contribution in [0, 0.1) is 6.92 Å². The number of benzene rings is 3. The number of allylic oxidation sites excluding steroid dienone is 1. The third kappa shape index (κ3) is 3.42. The molecule has 4 aromatic rings. The average Bonchev–Trinajstić information content (AvgIpc) is 3.30. The predicted molar refractivity (Wildman–Crippen MR) is 124 cm³/mol. The number of fused-ring (bicyclic) bond motifs is 2. The van der Waals surface area contributed by atoms with Crippen LogP contribution < -0.4 is 14.2 Å². The van der Waals surface area contributed by atoms with Gasteiger partial charge in [0.05, 0.1) is 12.7 Å². The topological polar surface area (TPSA) is 49.7 Å². The Bertz CT molecular complexity index is 1370. The Kier molecular flexibility index (Phi) is 4.94. The lowest BCUT2D eigenvalue weighted by Crippen LogP contribution is -1.98. The molecule has 0 fully saturated rings. The van der Waals surface area contributed by atoms with Crippen LogP contribution in [-0.4, -0.2) is 17.5 Å². The Morgan fingerprint density at radius 3 is 2.66 bits per heavy atom. The molecule has 1 aromatic heterocycles. The van der Waals surface area contributed by atoms with Crippen molar-refractivity contribution in [2.75, 3.05) is 7.11 Å². The van der Waals surface area contributed by atoms with Gasteiger partial charge in [0.1, 0.15) is 23.9 Å². The predicted octanol–water partition coefficient (Wildman–Crippen LogP) is 5.69. The minimum Gasteiger partial charge on any atom is -0.497 e. The van der Waals surface area contributed by atoms with E-state index in [2.05, 4.69) is 0 Å². The van der Waals surface area contributed by atoms with E-state index in [0.717, 1.165) is 33.3 Å². The molecule has 1 aliphatic heterocycles. The number of ether oxygens (including phenoxy) is 3. The summed E-state index contributed by atoms with van der Waals surface area (Å²) >= 11 is 0. The summed E-state index contributed by atoms with van der Waals surface area (Å²) in [5, 5.41) is 0.996. The Balaban J connectivity index is 1.46. The lowest BCUT2D eigenvalue weighted by atomic mass is 10.1. The number of hydrogen-bond donors (Lipinski definition) is 0. The average molecular weight is 425 g/mol. The van der Waals surface area contributed by atoms with Crippen LogP contribution in [0.15, 0.2) is 72.6 Å². The standard InChI is InChI=1S/C27H23NO4/c1-17-24(31-16-18-7-5-4-6-8-18)12-10-21-26(29)25(32-27(17)21)13-19-15-28(2)23-11-9-20(30-3)14-22(19)23/h4-15H,16H2,1-3H3. The smallest absolute Gasteiger partial charge is 0.231 e. The van der Waals surface area contributed by atoms with Crippen LogP contribution in [-0.2, 0) is 13.7 Å². The number of rotatable bonds is 5. The first-order valence-corrected chi connectivity index (χ1v) is 10.4. The Labute approximate surface area is 186 Å². The zero-order valence-corrected chi connectivity index (χ0v) is 18.2. The molecule has 5 rings (SSSR count). The Morgan fingerprint density at radius 1 is 1.06 bits per heavy atom. The molecule has 1 aliphatic rings. The summed E-state index contributed by atoms with van der Waals surface area (Å²) in [6.07, 6.45) is 3.78. The van der Waals surface area contributed by atoms with Gasteiger partial charge in [-0.25, -0.2) is 0 Å². The van der Waals surface area contributed by atoms with Crippen molar-refractivity contribution >= 4 is 22.8 Å². The van der Waals surface area contributed by atoms with Crippen LogP contribution in [0.25, 0.3) is 17.0 Å². The highest BCUT2D eigenvalue weighted by atomic mass is 16.5. The van der Waals surface area contributed by atoms with Crippen molar-refractivity contribution in [3.05, 3.63) is 94.9 Å². The summed E-state index contributed by atoms with van der Waals surface area (Å²) in [4.78, 5) is 13.0. The number of carbonyl (C=O) groups excluding carboxylic acids is 1. The molecule has 0 spiro atoms. The van der Waals surface area contributed by atoms with E-state index in [0.29, 0.717) is 29.4 Å². The zero-order valence-electron chi connectivity index (χ0n) is 18.2. The highest BCUT2D eigenvalue weighted by molar-refractivity contribution is 6.15. The van der Waals surface area contributed by atoms with Gasteiger partial charge in [0.15, 0.2) is 5.76 Å². The summed E-state index contributed by atoms with van der Waals surface area (Å²) in [5.74, 6) is 2.21. The van der Waals surface area contributed by atoms with E-state index >= 15 is 0 Å². The molecular weight excluding hydrogens is 402 g/mol. The summed E-state index contributed by atoms with van der Waals surface area (Å²) in [6.45, 7) is 2.37. The van der Waals surface area contributed by atoms with Gasteiger partial charge in [-0.2, -0.15) is 0 Å². The second-order valence-electron chi connectivity index (χ2n) is 7.86. The van der Waals surface area contributed by atoms with E-state index in [-0.39, 0.29) is 5.78 Å². The second-order valence-corrected chi connectivity index (χ2v) is 7.86. The zero-order chi connectivity index (χ0) is 22.2. The van der Waals surface area contributed by atoms with E-state index in [4.69, 9.17) is 14.2 Å². The lowest BCUT2D eigenvalue weighted by molar-refractivity contribution is 0.101. The van der Waals surface area contributed by atoms with Gasteiger partial charge in [-0.15, -0.1) is 0 Å². The highest BCUT2D eigenvalue weighted by Crippen LogP contribution is 2.40. The van der Waals surface area contributed by atoms with Crippen molar-refractivity contribution in [3.63, 3.8) is 0 Å². The minimum atomic E-state index is -0.127. The maximum atomic E-state index is 13.0. The number of aryl methyl sites for hydroxylation is 1. The third-order valence-corrected chi connectivity index (χ3v) is 5.79. The minimum absolute atomic E-state index is 0.127. The van der Waals surface area contributed by atoms with E-state index in [1.165, 1.54) is 0 Å². The van der Waals surface area contributed by atoms with Crippen molar-refractivity contribution in [2.45, 2.75) is 13.5 Å². The normalized spacial score (nSPS) is 14.0. The van der Waals surface area contributed by atoms with Crippen LogP contribution >= 0.6 is 0 Å². The highest BCUT2D eigenvalue weighted by Gasteiger charge is 2.30. The molecule has 0 unspecified atom stereocenters. The van der Waals surface area contributed by atoms with Gasteiger partial charge in [-0.05, 0) is 48.9 Å². The molecule has 0 N–H and O–H groups in total. The van der Waals surface area contributed by atoms with Gasteiger partial charge in [-0.3, -0.25) is 4.79 Å². The van der Waals surface area contributed by atoms with E-state index in [9.17, 15) is 4.79 Å². The molecule has 0 bridgehead atoms. The fraction of sp³-hybridized carbons (Fsp3) is 0.148. The first-order valence-electron chi connectivity index (χ1n) is 10.4. The molecule has 0 saturated carbocycles. The third-order valence-electron chi connectivity index (χ3n) is 5.79. The largest absolute Gasteiger partial charge is 0.497 e. The van der Waals surface area contributed by atoms with Crippen molar-refractivity contribution in [2.24, 2.45) is 7.05 Å². The van der Waals surface area contributed by atoms with Gasteiger partial charge in [0.2, 0.25) is 5.78 Å². The summed E-state index contributed by atoms with van der Waals surface area (Å²) < 4.78 is 19.4.